The van der Waals surface area contributed by atoms with Crippen LogP contribution >= 0.6 is 0 Å². The summed E-state index contributed by atoms with van der Waals surface area (Å²) in [6.07, 6.45) is 3.69. The first kappa shape index (κ1) is 70.3. The molecule has 82 heavy (non-hydrogen) atoms. The van der Waals surface area contributed by atoms with Crippen molar-refractivity contribution < 1.29 is 101 Å². The Morgan fingerprint density at radius 2 is 0.829 bits per heavy atom. The van der Waals surface area contributed by atoms with E-state index in [1.807, 2.05) is 107 Å². The van der Waals surface area contributed by atoms with Gasteiger partial charge in [0.1, 0.15) is 11.6 Å². The molecule has 9 nitrogen and oxygen atoms in total. The molecular formula is C68H62Ir5N9-5. The predicted molar refractivity (Wildman–Crippen MR) is 314 cm³/mol. The van der Waals surface area contributed by atoms with E-state index in [1.54, 1.807) is 9.36 Å². The molecule has 0 aliphatic rings. The van der Waals surface area contributed by atoms with Crippen molar-refractivity contribution in [2.45, 2.75) is 62.3 Å². The van der Waals surface area contributed by atoms with Crippen molar-refractivity contribution in [1.29, 1.82) is 0 Å². The van der Waals surface area contributed by atoms with E-state index in [9.17, 15) is 0 Å². The summed E-state index contributed by atoms with van der Waals surface area (Å²) in [6, 6.07) is 71.3. The Morgan fingerprint density at radius 1 is 0.354 bits per heavy atom. The maximum absolute atomic E-state index is 4.72. The molecule has 0 bridgehead atoms. The maximum atomic E-state index is 4.72. The fraction of sp³-hybridized carbons (Fsp3) is 0.162. The molecule has 0 amide bonds. The van der Waals surface area contributed by atoms with Gasteiger partial charge in [0.2, 0.25) is 0 Å². The number of nitrogens with zero attached hydrogens (tertiary/aromatic N) is 9. The van der Waals surface area contributed by atoms with E-state index in [-0.39, 0.29) is 101 Å². The largest absolute Gasteiger partial charge is 0.305 e. The summed E-state index contributed by atoms with van der Waals surface area (Å²) in [5.41, 5.74) is 17.7. The smallest absolute Gasteiger partial charge is 0.137 e. The molecule has 0 aliphatic carbocycles. The predicted octanol–water partition coefficient (Wildman–Crippen LogP) is 15.3. The van der Waals surface area contributed by atoms with E-state index in [2.05, 4.69) is 206 Å². The van der Waals surface area contributed by atoms with Crippen LogP contribution in [-0.2, 0) is 115 Å². The van der Waals surface area contributed by atoms with Gasteiger partial charge in [-0.3, -0.25) is 24.3 Å². The zero-order chi connectivity index (χ0) is 54.4. The Kier molecular flexibility index (Phi) is 29.1. The number of aryl methyl sites for hydroxylation is 11. The summed E-state index contributed by atoms with van der Waals surface area (Å²) < 4.78 is 3.56. The Bertz CT molecular complexity index is 3840. The summed E-state index contributed by atoms with van der Waals surface area (Å²) in [4.78, 5) is 22.2. The molecule has 7 aromatic carbocycles. The van der Waals surface area contributed by atoms with Gasteiger partial charge in [-0.05, 0) is 84.7 Å². The van der Waals surface area contributed by atoms with Crippen LogP contribution in [0.5, 0.6) is 0 Å². The van der Waals surface area contributed by atoms with E-state index in [0.29, 0.717) is 0 Å². The second kappa shape index (κ2) is 34.0. The number of benzene rings is 7. The molecule has 0 unspecified atom stereocenters. The number of hydrogen-bond donors (Lipinski definition) is 0. The minimum Gasteiger partial charge on any atom is -0.305 e. The number of aromatic nitrogens is 9. The first-order valence-corrected chi connectivity index (χ1v) is 25.5. The van der Waals surface area contributed by atoms with Crippen molar-refractivity contribution in [1.82, 2.24) is 44.5 Å². The molecule has 0 fully saturated rings. The number of rotatable bonds is 5. The third-order valence-electron chi connectivity index (χ3n) is 12.3. The third-order valence-corrected chi connectivity index (χ3v) is 12.3. The first-order valence-electron chi connectivity index (χ1n) is 25.5. The minimum atomic E-state index is 0. The number of fused-ring (bicyclic) bond motifs is 2. The molecule has 5 heterocycles. The van der Waals surface area contributed by atoms with E-state index in [4.69, 9.17) is 4.98 Å². The summed E-state index contributed by atoms with van der Waals surface area (Å²) >= 11 is 0. The van der Waals surface area contributed by atoms with Gasteiger partial charge in [0.05, 0.1) is 17.2 Å². The van der Waals surface area contributed by atoms with Crippen LogP contribution in [0.2, 0.25) is 0 Å². The molecule has 12 rings (SSSR count). The van der Waals surface area contributed by atoms with Gasteiger partial charge in [-0.1, -0.05) is 94.8 Å². The molecule has 5 radical (unpaired) electrons. The van der Waals surface area contributed by atoms with Crippen molar-refractivity contribution in [3.05, 3.63) is 257 Å². The van der Waals surface area contributed by atoms with Crippen LogP contribution in [0.1, 0.15) is 50.6 Å². The molecule has 0 aliphatic heterocycles. The summed E-state index contributed by atoms with van der Waals surface area (Å²) in [7, 11) is 3.79. The monoisotopic (exact) mass is 1970 g/mol. The van der Waals surface area contributed by atoms with Crippen molar-refractivity contribution in [3.8, 4) is 56.5 Å². The van der Waals surface area contributed by atoms with Gasteiger partial charge in [-0.25, -0.2) is 0 Å². The normalized spacial score (nSPS) is 9.89. The van der Waals surface area contributed by atoms with Crippen LogP contribution in [0.4, 0.5) is 0 Å². The Hall–Kier alpha value is -5.96. The van der Waals surface area contributed by atoms with Gasteiger partial charge >= 0.3 is 0 Å². The SMILES string of the molecule is Cc1c[c-]c(-c2cc(C)ccn2)cc1.Cc1cc[c-]c(-c2ccc3ccc(C)cc3n2)c1.Cc1cc[c-]c(-c2nc(C)nn2C)c1.Cc1cc[c-]c(-c2nc(C)nn2C)c1.Cc1cc[c-]c(-c2nccc3ccccc23)c1.[Ir].[Ir].[Ir].[Ir].[Ir]. The molecule has 429 valence electrons. The standard InChI is InChI=1S/C17H14N.C16H12N.C13H12N.2C11H12N3.5Ir/c1-12-4-3-5-15(10-12)16-9-8-14-7-6-13(2)11-17(14)18-16;1-12-5-4-7-14(11-12)16-15-8-3-2-6-13(15)9-10-17-16;1-10-3-5-12(6-4-10)13-9-11(2)7-8-14-13;2*1-8-5-4-6-10(7-8)11-12-9(2)13-14(11)3;;;;;/h3-4,6-11H,1-2H3;2-6,8-11H,1H3;3-5,7-9H,1-2H3;2*4-5,7H,1-3H3;;;;;/q5*-1;;;;;. The molecule has 0 saturated carbocycles. The second-order valence-corrected chi connectivity index (χ2v) is 19.1. The molecule has 0 N–H and O–H groups in total. The van der Waals surface area contributed by atoms with Gasteiger partial charge in [0.15, 0.2) is 0 Å². The average Bonchev–Trinajstić information content (AvgIpc) is 4.07. The Morgan fingerprint density at radius 3 is 1.35 bits per heavy atom. The van der Waals surface area contributed by atoms with Gasteiger partial charge in [-0.15, -0.1) is 177 Å². The van der Waals surface area contributed by atoms with Gasteiger partial charge < -0.3 is 9.97 Å². The zero-order valence-corrected chi connectivity index (χ0v) is 59.4. The van der Waals surface area contributed by atoms with E-state index < -0.39 is 0 Å². The molecular weight excluding hydrogens is 1900 g/mol. The fourth-order valence-corrected chi connectivity index (χ4v) is 8.41. The first-order chi connectivity index (χ1) is 37.1. The zero-order valence-electron chi connectivity index (χ0n) is 47.4. The van der Waals surface area contributed by atoms with E-state index in [1.165, 1.54) is 55.1 Å². The summed E-state index contributed by atoms with van der Waals surface area (Å²) in [5, 5.41) is 12.0. The molecule has 12 aromatic rings. The molecule has 14 heteroatoms. The third kappa shape index (κ3) is 19.9. The maximum Gasteiger partial charge on any atom is 0.137 e. The van der Waals surface area contributed by atoms with Gasteiger partial charge in [0, 0.05) is 127 Å². The van der Waals surface area contributed by atoms with Crippen LogP contribution in [0, 0.1) is 92.6 Å². The van der Waals surface area contributed by atoms with Crippen LogP contribution in [-0.4, -0.2) is 44.5 Å². The Balaban J connectivity index is 0.000000266. The Labute approximate surface area is 551 Å². The van der Waals surface area contributed by atoms with Gasteiger partial charge in [0.25, 0.3) is 0 Å². The fourth-order valence-electron chi connectivity index (χ4n) is 8.41. The van der Waals surface area contributed by atoms with Crippen LogP contribution < -0.4 is 0 Å². The quantitative estimate of drug-likeness (QED) is 0.158. The van der Waals surface area contributed by atoms with E-state index >= 15 is 0 Å². The topological polar surface area (TPSA) is 100 Å². The molecule has 0 saturated heterocycles. The molecule has 0 atom stereocenters. The van der Waals surface area contributed by atoms with Crippen molar-refractivity contribution in [2.24, 2.45) is 14.1 Å². The number of pyridine rings is 3. The van der Waals surface area contributed by atoms with Crippen molar-refractivity contribution in [3.63, 3.8) is 0 Å². The minimum absolute atomic E-state index is 0. The van der Waals surface area contributed by atoms with E-state index in [0.717, 1.165) is 73.7 Å². The van der Waals surface area contributed by atoms with Crippen LogP contribution in [0.3, 0.4) is 0 Å². The van der Waals surface area contributed by atoms with Crippen molar-refractivity contribution in [2.75, 3.05) is 0 Å². The second-order valence-electron chi connectivity index (χ2n) is 19.1. The summed E-state index contributed by atoms with van der Waals surface area (Å²) in [5.74, 6) is 3.31. The summed E-state index contributed by atoms with van der Waals surface area (Å²) in [6.45, 7) is 18.3. The number of hydrogen-bond acceptors (Lipinski definition) is 7. The van der Waals surface area contributed by atoms with Crippen LogP contribution in [0.25, 0.3) is 78.2 Å². The molecule has 5 aromatic heterocycles. The van der Waals surface area contributed by atoms with Gasteiger partial charge in [-0.2, -0.15) is 10.2 Å². The van der Waals surface area contributed by atoms with Crippen molar-refractivity contribution >= 4 is 21.7 Å². The molecule has 0 spiro atoms. The van der Waals surface area contributed by atoms with Crippen LogP contribution in [0.15, 0.2) is 176 Å². The average molecular weight is 1970 g/mol.